The first-order valence-electron chi connectivity index (χ1n) is 8.26. The van der Waals surface area contributed by atoms with Crippen molar-refractivity contribution in [3.8, 4) is 0 Å². The first-order chi connectivity index (χ1) is 10.4. The van der Waals surface area contributed by atoms with Gasteiger partial charge in [-0.3, -0.25) is 0 Å². The number of hydrogen-bond acceptors (Lipinski definition) is 1. The van der Waals surface area contributed by atoms with Crippen LogP contribution in [0.4, 0.5) is 0 Å². The first kappa shape index (κ1) is 13.1. The summed E-state index contributed by atoms with van der Waals surface area (Å²) < 4.78 is 0. The highest BCUT2D eigenvalue weighted by molar-refractivity contribution is 5.25. The number of nitrogens with one attached hydrogen (secondary N) is 1. The largest absolute Gasteiger partial charge is 0.307 e. The Bertz CT molecular complexity index is 567. The zero-order valence-corrected chi connectivity index (χ0v) is 12.4. The lowest BCUT2D eigenvalue weighted by atomic mass is 9.75. The Balaban J connectivity index is 1.38. The van der Waals surface area contributed by atoms with Crippen LogP contribution in [0, 0.1) is 5.92 Å². The van der Waals surface area contributed by atoms with Crippen LogP contribution in [0.2, 0.25) is 0 Å². The third-order valence-electron chi connectivity index (χ3n) is 5.08. The lowest BCUT2D eigenvalue weighted by molar-refractivity contribution is 0.255. The summed E-state index contributed by atoms with van der Waals surface area (Å²) in [5.74, 6) is 1.63. The smallest absolute Gasteiger partial charge is 0.0351 e. The summed E-state index contributed by atoms with van der Waals surface area (Å²) in [4.78, 5) is 0. The van der Waals surface area contributed by atoms with Crippen LogP contribution in [-0.2, 0) is 0 Å². The van der Waals surface area contributed by atoms with E-state index in [9.17, 15) is 0 Å². The molecule has 0 bridgehead atoms. The molecule has 2 aliphatic carbocycles. The van der Waals surface area contributed by atoms with Crippen molar-refractivity contribution in [3.05, 3.63) is 71.8 Å². The number of rotatable bonds is 5. The Kier molecular flexibility index (Phi) is 3.52. The molecule has 21 heavy (non-hydrogen) atoms. The molecular weight excluding hydrogens is 254 g/mol. The molecule has 2 fully saturated rings. The van der Waals surface area contributed by atoms with Gasteiger partial charge in [0.1, 0.15) is 0 Å². The van der Waals surface area contributed by atoms with Gasteiger partial charge in [0.05, 0.1) is 0 Å². The minimum absolute atomic E-state index is 0.577. The second-order valence-electron chi connectivity index (χ2n) is 6.67. The molecule has 108 valence electrons. The van der Waals surface area contributed by atoms with Gasteiger partial charge >= 0.3 is 0 Å². The monoisotopic (exact) mass is 277 g/mol. The molecule has 0 aliphatic heterocycles. The summed E-state index contributed by atoms with van der Waals surface area (Å²) in [6, 6.07) is 23.3. The fourth-order valence-electron chi connectivity index (χ4n) is 3.60. The van der Waals surface area contributed by atoms with Crippen molar-refractivity contribution in [3.63, 3.8) is 0 Å². The molecule has 2 aromatic rings. The maximum atomic E-state index is 3.93. The zero-order chi connectivity index (χ0) is 14.1. The van der Waals surface area contributed by atoms with Gasteiger partial charge in [0.15, 0.2) is 0 Å². The van der Waals surface area contributed by atoms with E-state index in [0.717, 1.165) is 11.8 Å². The van der Waals surface area contributed by atoms with Crippen molar-refractivity contribution < 1.29 is 0 Å². The summed E-state index contributed by atoms with van der Waals surface area (Å²) in [5.41, 5.74) is 2.99. The maximum Gasteiger partial charge on any atom is 0.0351 e. The summed E-state index contributed by atoms with van der Waals surface area (Å²) in [5, 5.41) is 3.93. The Morgan fingerprint density at radius 3 is 2.05 bits per heavy atom. The molecule has 0 aromatic heterocycles. The van der Waals surface area contributed by atoms with Crippen LogP contribution in [0.25, 0.3) is 0 Å². The molecular formula is C20H23N. The highest BCUT2D eigenvalue weighted by Gasteiger charge is 2.37. The van der Waals surface area contributed by atoms with Crippen LogP contribution >= 0.6 is 0 Å². The predicted octanol–water partition coefficient (Wildman–Crippen LogP) is 4.67. The van der Waals surface area contributed by atoms with E-state index in [4.69, 9.17) is 0 Å². The Morgan fingerprint density at radius 1 is 0.810 bits per heavy atom. The van der Waals surface area contributed by atoms with E-state index in [-0.39, 0.29) is 0 Å². The second kappa shape index (κ2) is 5.65. The van der Waals surface area contributed by atoms with Crippen LogP contribution in [-0.4, -0.2) is 6.04 Å². The van der Waals surface area contributed by atoms with E-state index in [1.54, 1.807) is 0 Å². The molecule has 0 radical (unpaired) electrons. The minimum atomic E-state index is 0.577. The molecule has 2 saturated carbocycles. The fourth-order valence-corrected chi connectivity index (χ4v) is 3.60. The van der Waals surface area contributed by atoms with Crippen molar-refractivity contribution in [2.75, 3.05) is 0 Å². The van der Waals surface area contributed by atoms with Gasteiger partial charge in [0, 0.05) is 12.1 Å². The van der Waals surface area contributed by atoms with Crippen molar-refractivity contribution in [1.29, 1.82) is 0 Å². The molecule has 1 N–H and O–H groups in total. The third kappa shape index (κ3) is 2.89. The van der Waals surface area contributed by atoms with Gasteiger partial charge < -0.3 is 5.32 Å². The lowest BCUT2D eigenvalue weighted by Gasteiger charge is -2.39. The fraction of sp³-hybridized carbons (Fsp3) is 0.400. The molecule has 1 atom stereocenters. The van der Waals surface area contributed by atoms with E-state index in [0.29, 0.717) is 12.1 Å². The molecule has 0 spiro atoms. The number of benzene rings is 2. The average molecular weight is 277 g/mol. The predicted molar refractivity (Wildman–Crippen MR) is 87.2 cm³/mol. The van der Waals surface area contributed by atoms with Gasteiger partial charge in [-0.2, -0.15) is 0 Å². The van der Waals surface area contributed by atoms with E-state index < -0.39 is 0 Å². The van der Waals surface area contributed by atoms with Gasteiger partial charge in [-0.05, 0) is 48.6 Å². The molecule has 1 unspecified atom stereocenters. The van der Waals surface area contributed by atoms with Crippen LogP contribution in [0.3, 0.4) is 0 Å². The van der Waals surface area contributed by atoms with Crippen LogP contribution < -0.4 is 5.32 Å². The van der Waals surface area contributed by atoms with Gasteiger partial charge in [0.25, 0.3) is 0 Å². The Morgan fingerprint density at radius 2 is 1.43 bits per heavy atom. The van der Waals surface area contributed by atoms with E-state index in [1.807, 2.05) is 0 Å². The van der Waals surface area contributed by atoms with Crippen LogP contribution in [0.5, 0.6) is 0 Å². The molecule has 4 rings (SSSR count). The zero-order valence-electron chi connectivity index (χ0n) is 12.4. The summed E-state index contributed by atoms with van der Waals surface area (Å²) in [7, 11) is 0. The van der Waals surface area contributed by atoms with Gasteiger partial charge in [0.2, 0.25) is 0 Å². The first-order valence-corrected chi connectivity index (χ1v) is 8.26. The van der Waals surface area contributed by atoms with Gasteiger partial charge in [-0.25, -0.2) is 0 Å². The summed E-state index contributed by atoms with van der Waals surface area (Å²) in [6.07, 6.45) is 5.36. The van der Waals surface area contributed by atoms with Crippen molar-refractivity contribution in [2.45, 2.75) is 43.7 Å². The van der Waals surface area contributed by atoms with Crippen LogP contribution in [0.15, 0.2) is 60.7 Å². The normalized spacial score (nSPS) is 26.1. The second-order valence-corrected chi connectivity index (χ2v) is 6.67. The highest BCUT2D eigenvalue weighted by atomic mass is 15.0. The number of hydrogen-bond donors (Lipinski definition) is 1. The molecule has 1 heteroatoms. The SMILES string of the molecule is c1ccc(C2CC(NC(c3ccccc3)C3CC3)C2)cc1. The highest BCUT2D eigenvalue weighted by Crippen LogP contribution is 2.44. The summed E-state index contributed by atoms with van der Waals surface area (Å²) in [6.45, 7) is 0. The van der Waals surface area contributed by atoms with Crippen LogP contribution in [0.1, 0.15) is 48.8 Å². The standard InChI is InChI=1S/C20H23N/c1-3-7-15(8-4-1)18-13-19(14-18)21-20(17-11-12-17)16-9-5-2-6-10-16/h1-10,17-21H,11-14H2. The third-order valence-corrected chi connectivity index (χ3v) is 5.08. The average Bonchev–Trinajstić information content (AvgIpc) is 3.33. The lowest BCUT2D eigenvalue weighted by Crippen LogP contribution is -2.42. The van der Waals surface area contributed by atoms with Gasteiger partial charge in [-0.15, -0.1) is 0 Å². The Hall–Kier alpha value is -1.60. The minimum Gasteiger partial charge on any atom is -0.307 e. The van der Waals surface area contributed by atoms with E-state index in [1.165, 1.54) is 36.8 Å². The molecule has 2 aliphatic rings. The van der Waals surface area contributed by atoms with E-state index in [2.05, 4.69) is 66.0 Å². The topological polar surface area (TPSA) is 12.0 Å². The molecule has 0 heterocycles. The molecule has 0 saturated heterocycles. The molecule has 2 aromatic carbocycles. The van der Waals surface area contributed by atoms with Crippen molar-refractivity contribution >= 4 is 0 Å². The quantitative estimate of drug-likeness (QED) is 0.837. The Labute approximate surface area is 127 Å². The summed E-state index contributed by atoms with van der Waals surface area (Å²) >= 11 is 0. The molecule has 0 amide bonds. The molecule has 1 nitrogen and oxygen atoms in total. The van der Waals surface area contributed by atoms with E-state index >= 15 is 0 Å². The van der Waals surface area contributed by atoms with Gasteiger partial charge in [-0.1, -0.05) is 60.7 Å². The van der Waals surface area contributed by atoms with Crippen molar-refractivity contribution in [2.24, 2.45) is 5.92 Å². The van der Waals surface area contributed by atoms with Crippen molar-refractivity contribution in [1.82, 2.24) is 5.32 Å². The maximum absolute atomic E-state index is 3.93.